The van der Waals surface area contributed by atoms with E-state index in [1.54, 1.807) is 6.07 Å². The highest BCUT2D eigenvalue weighted by Crippen LogP contribution is 2.41. The molecule has 0 atom stereocenters. The maximum atomic E-state index is 13.0. The average Bonchev–Trinajstić information content (AvgIpc) is 2.38. The fraction of sp³-hybridized carbons (Fsp3) is 0.385. The summed E-state index contributed by atoms with van der Waals surface area (Å²) < 4.78 is 13.0. The van der Waals surface area contributed by atoms with Gasteiger partial charge in [-0.05, 0) is 30.5 Å². The normalized spacial score (nSPS) is 17.4. The van der Waals surface area contributed by atoms with Crippen LogP contribution in [-0.2, 0) is 11.3 Å². The molecule has 2 rings (SSSR count). The molecular formula is C13H15ClFN3O2. The number of hydrogen-bond donors (Lipinski definition) is 3. The van der Waals surface area contributed by atoms with Crippen molar-refractivity contribution in [1.29, 1.82) is 0 Å². The smallest absolute Gasteiger partial charge is 0.234 e. The summed E-state index contributed by atoms with van der Waals surface area (Å²) in [7, 11) is 0. The SMILES string of the molecule is N/C(=N/O)C1(C(=O)NCc2ccc(F)c(Cl)c2)CCC1. The highest BCUT2D eigenvalue weighted by Gasteiger charge is 2.48. The molecule has 4 N–H and O–H groups in total. The molecule has 1 aliphatic carbocycles. The third-order valence-corrected chi connectivity index (χ3v) is 3.97. The first kappa shape index (κ1) is 14.6. The van der Waals surface area contributed by atoms with Crippen molar-refractivity contribution in [3.63, 3.8) is 0 Å². The van der Waals surface area contributed by atoms with E-state index in [2.05, 4.69) is 10.5 Å². The molecule has 1 aliphatic rings. The van der Waals surface area contributed by atoms with Crippen LogP contribution in [0.25, 0.3) is 0 Å². The number of carbonyl (C=O) groups excluding carboxylic acids is 1. The Morgan fingerprint density at radius 1 is 1.55 bits per heavy atom. The standard InChI is InChI=1S/C13H15ClFN3O2/c14-9-6-8(2-3-10(9)15)7-17-12(19)13(4-1-5-13)11(16)18-20/h2-3,6,20H,1,4-5,7H2,(H2,16,18)(H,17,19). The Balaban J connectivity index is 2.03. The van der Waals surface area contributed by atoms with Gasteiger partial charge in [-0.15, -0.1) is 0 Å². The first-order chi connectivity index (χ1) is 9.49. The molecule has 1 aromatic carbocycles. The van der Waals surface area contributed by atoms with E-state index >= 15 is 0 Å². The molecule has 0 aliphatic heterocycles. The molecule has 0 aromatic heterocycles. The van der Waals surface area contributed by atoms with Crippen molar-refractivity contribution in [3.05, 3.63) is 34.6 Å². The lowest BCUT2D eigenvalue weighted by molar-refractivity contribution is -0.131. The minimum absolute atomic E-state index is 0.00606. The lowest BCUT2D eigenvalue weighted by Gasteiger charge is -2.38. The number of hydrogen-bond acceptors (Lipinski definition) is 3. The number of oxime groups is 1. The predicted octanol–water partition coefficient (Wildman–Crippen LogP) is 2.01. The van der Waals surface area contributed by atoms with Crippen LogP contribution in [0.3, 0.4) is 0 Å². The third kappa shape index (κ3) is 2.56. The van der Waals surface area contributed by atoms with Crippen molar-refractivity contribution in [2.45, 2.75) is 25.8 Å². The van der Waals surface area contributed by atoms with Crippen molar-refractivity contribution in [3.8, 4) is 0 Å². The van der Waals surface area contributed by atoms with Crippen molar-refractivity contribution in [2.75, 3.05) is 0 Å². The number of amides is 1. The Kier molecular flexibility index (Phi) is 4.13. The Hall–Kier alpha value is -1.82. The van der Waals surface area contributed by atoms with Crippen LogP contribution < -0.4 is 11.1 Å². The van der Waals surface area contributed by atoms with Crippen molar-refractivity contribution in [1.82, 2.24) is 5.32 Å². The van der Waals surface area contributed by atoms with Crippen molar-refractivity contribution in [2.24, 2.45) is 16.3 Å². The summed E-state index contributed by atoms with van der Waals surface area (Å²) in [6.45, 7) is 0.208. The number of nitrogens with two attached hydrogens (primary N) is 1. The topological polar surface area (TPSA) is 87.7 Å². The first-order valence-electron chi connectivity index (χ1n) is 6.20. The zero-order valence-electron chi connectivity index (χ0n) is 10.7. The van der Waals surface area contributed by atoms with E-state index in [-0.39, 0.29) is 23.3 Å². The number of benzene rings is 1. The van der Waals surface area contributed by atoms with Gasteiger partial charge in [0.05, 0.1) is 5.02 Å². The number of nitrogens with one attached hydrogen (secondary N) is 1. The molecule has 0 spiro atoms. The van der Waals surface area contributed by atoms with Crippen LogP contribution >= 0.6 is 11.6 Å². The fourth-order valence-electron chi connectivity index (χ4n) is 2.23. The summed E-state index contributed by atoms with van der Waals surface area (Å²) in [5, 5.41) is 14.4. The summed E-state index contributed by atoms with van der Waals surface area (Å²) >= 11 is 5.67. The molecule has 0 bridgehead atoms. The van der Waals surface area contributed by atoms with Crippen LogP contribution in [-0.4, -0.2) is 17.0 Å². The second-order valence-corrected chi connectivity index (χ2v) is 5.26. The van der Waals surface area contributed by atoms with Crippen molar-refractivity contribution < 1.29 is 14.4 Å². The number of halogens is 2. The largest absolute Gasteiger partial charge is 0.409 e. The molecule has 0 heterocycles. The van der Waals surface area contributed by atoms with E-state index in [4.69, 9.17) is 22.5 Å². The lowest BCUT2D eigenvalue weighted by atomic mass is 9.67. The van der Waals surface area contributed by atoms with Crippen molar-refractivity contribution >= 4 is 23.3 Å². The van der Waals surface area contributed by atoms with E-state index in [0.29, 0.717) is 18.4 Å². The number of rotatable bonds is 4. The fourth-order valence-corrected chi connectivity index (χ4v) is 2.43. The van der Waals surface area contributed by atoms with Crippen LogP contribution in [0.5, 0.6) is 0 Å². The first-order valence-corrected chi connectivity index (χ1v) is 6.57. The molecule has 7 heteroatoms. The zero-order chi connectivity index (χ0) is 14.8. The van der Waals surface area contributed by atoms with E-state index in [1.165, 1.54) is 12.1 Å². The second-order valence-electron chi connectivity index (χ2n) is 4.85. The molecular weight excluding hydrogens is 285 g/mol. The molecule has 1 aromatic rings. The van der Waals surface area contributed by atoms with E-state index in [0.717, 1.165) is 6.42 Å². The van der Waals surface area contributed by atoms with Gasteiger partial charge in [0.25, 0.3) is 0 Å². The van der Waals surface area contributed by atoms with Gasteiger partial charge in [-0.25, -0.2) is 4.39 Å². The van der Waals surface area contributed by atoms with Gasteiger partial charge < -0.3 is 16.3 Å². The molecule has 1 saturated carbocycles. The maximum absolute atomic E-state index is 13.0. The molecule has 0 radical (unpaired) electrons. The van der Waals surface area contributed by atoms with Gasteiger partial charge in [-0.3, -0.25) is 4.79 Å². The summed E-state index contributed by atoms with van der Waals surface area (Å²) in [5.74, 6) is -0.869. The Labute approximate surface area is 120 Å². The molecule has 1 amide bonds. The minimum Gasteiger partial charge on any atom is -0.409 e. The lowest BCUT2D eigenvalue weighted by Crippen LogP contribution is -2.53. The minimum atomic E-state index is -0.918. The van der Waals surface area contributed by atoms with Crippen LogP contribution in [0, 0.1) is 11.2 Å². The van der Waals surface area contributed by atoms with E-state index < -0.39 is 11.2 Å². The summed E-state index contributed by atoms with van der Waals surface area (Å²) in [5.41, 5.74) is 5.36. The third-order valence-electron chi connectivity index (χ3n) is 3.68. The second kappa shape index (κ2) is 5.66. The predicted molar refractivity (Wildman–Crippen MR) is 72.9 cm³/mol. The number of amidine groups is 1. The maximum Gasteiger partial charge on any atom is 0.234 e. The van der Waals surface area contributed by atoms with Gasteiger partial charge in [0.2, 0.25) is 5.91 Å². The average molecular weight is 300 g/mol. The highest BCUT2D eigenvalue weighted by molar-refractivity contribution is 6.30. The van der Waals surface area contributed by atoms with Gasteiger partial charge >= 0.3 is 0 Å². The van der Waals surface area contributed by atoms with Gasteiger partial charge in [-0.2, -0.15) is 0 Å². The van der Waals surface area contributed by atoms with Crippen LogP contribution in [0.2, 0.25) is 5.02 Å². The van der Waals surface area contributed by atoms with Gasteiger partial charge in [0.15, 0.2) is 5.84 Å². The van der Waals surface area contributed by atoms with E-state index in [1.807, 2.05) is 0 Å². The summed E-state index contributed by atoms with van der Waals surface area (Å²) in [6.07, 6.45) is 1.96. The van der Waals surface area contributed by atoms with Crippen LogP contribution in [0.4, 0.5) is 4.39 Å². The van der Waals surface area contributed by atoms with Gasteiger partial charge in [-0.1, -0.05) is 29.2 Å². The summed E-state index contributed by atoms with van der Waals surface area (Å²) in [6, 6.07) is 4.24. The molecule has 5 nitrogen and oxygen atoms in total. The molecule has 108 valence electrons. The molecule has 20 heavy (non-hydrogen) atoms. The number of carbonyl (C=O) groups is 1. The van der Waals surface area contributed by atoms with Crippen LogP contribution in [0.1, 0.15) is 24.8 Å². The molecule has 0 saturated heterocycles. The monoisotopic (exact) mass is 299 g/mol. The van der Waals surface area contributed by atoms with Gasteiger partial charge in [0, 0.05) is 6.54 Å². The number of nitrogens with zero attached hydrogens (tertiary/aromatic N) is 1. The highest BCUT2D eigenvalue weighted by atomic mass is 35.5. The molecule has 1 fully saturated rings. The Bertz CT molecular complexity index is 559. The van der Waals surface area contributed by atoms with Crippen LogP contribution in [0.15, 0.2) is 23.4 Å². The quantitative estimate of drug-likeness (QED) is 0.344. The Morgan fingerprint density at radius 3 is 2.75 bits per heavy atom. The summed E-state index contributed by atoms with van der Waals surface area (Å²) in [4.78, 5) is 12.2. The zero-order valence-corrected chi connectivity index (χ0v) is 11.5. The molecule has 0 unspecified atom stereocenters. The Morgan fingerprint density at radius 2 is 2.25 bits per heavy atom. The van der Waals surface area contributed by atoms with E-state index in [9.17, 15) is 9.18 Å². The van der Waals surface area contributed by atoms with Gasteiger partial charge in [0.1, 0.15) is 11.2 Å².